The monoisotopic (exact) mass is 760 g/mol. The lowest BCUT2D eigenvalue weighted by molar-refractivity contribution is -0.161. The molecule has 3 N–H and O–H groups in total. The van der Waals surface area contributed by atoms with Crippen LogP contribution in [0.1, 0.15) is 213 Å². The molecule has 0 bridgehead atoms. The molecule has 52 heavy (non-hydrogen) atoms. The topological polar surface area (TPSA) is 134 Å². The highest BCUT2D eigenvalue weighted by atomic mass is 31.2. The van der Waals surface area contributed by atoms with Gasteiger partial charge in [-0.1, -0.05) is 174 Å². The Labute approximate surface area is 319 Å². The first kappa shape index (κ1) is 50.8. The van der Waals surface area contributed by atoms with Crippen LogP contribution in [0.15, 0.2) is 12.2 Å². The third kappa shape index (κ3) is 38.5. The van der Waals surface area contributed by atoms with Crippen molar-refractivity contribution in [2.24, 2.45) is 5.73 Å². The molecule has 0 aliphatic heterocycles. The molecule has 1 unspecified atom stereocenters. The summed E-state index contributed by atoms with van der Waals surface area (Å²) in [4.78, 5) is 34.8. The molecule has 0 radical (unpaired) electrons. The number of allylic oxidation sites excluding steroid dienone is 2. The lowest BCUT2D eigenvalue weighted by atomic mass is 10.0. The highest BCUT2D eigenvalue weighted by molar-refractivity contribution is 7.47. The minimum Gasteiger partial charge on any atom is -0.462 e. The zero-order valence-electron chi connectivity index (χ0n) is 33.8. The first-order valence-corrected chi connectivity index (χ1v) is 23.2. The third-order valence-corrected chi connectivity index (χ3v) is 10.4. The van der Waals surface area contributed by atoms with Gasteiger partial charge in [-0.2, -0.15) is 0 Å². The van der Waals surface area contributed by atoms with E-state index in [2.05, 4.69) is 26.0 Å². The molecule has 0 rings (SSSR count). The predicted octanol–water partition coefficient (Wildman–Crippen LogP) is 12.2. The number of unbranched alkanes of at least 4 members (excludes halogenated alkanes) is 26. The SMILES string of the molecule is CCCCCCCC/C=C\CCCCCCCC(=O)OC[C@H](COP(=O)(O)OCCN)OC(=O)CCCCCCCCCCCCCCCCCC. The highest BCUT2D eigenvalue weighted by Gasteiger charge is 2.26. The fourth-order valence-corrected chi connectivity index (χ4v) is 6.92. The second-order valence-corrected chi connectivity index (χ2v) is 16.0. The number of hydrogen-bond donors (Lipinski definition) is 2. The number of esters is 2. The van der Waals surface area contributed by atoms with Crippen LogP contribution < -0.4 is 5.73 Å². The number of carbonyl (C=O) groups excluding carboxylic acids is 2. The molecule has 0 fully saturated rings. The maximum absolute atomic E-state index is 12.6. The molecule has 0 aliphatic rings. The smallest absolute Gasteiger partial charge is 0.462 e. The quantitative estimate of drug-likeness (QED) is 0.0270. The Kier molecular flexibility index (Phi) is 38.5. The van der Waals surface area contributed by atoms with Crippen LogP contribution in [0.4, 0.5) is 0 Å². The summed E-state index contributed by atoms with van der Waals surface area (Å²) in [5, 5.41) is 0. The van der Waals surface area contributed by atoms with Crippen molar-refractivity contribution in [1.29, 1.82) is 0 Å². The van der Waals surface area contributed by atoms with Crippen molar-refractivity contribution in [3.8, 4) is 0 Å². The van der Waals surface area contributed by atoms with E-state index in [0.717, 1.165) is 51.4 Å². The molecule has 2 atom stereocenters. The van der Waals surface area contributed by atoms with Crippen molar-refractivity contribution < 1.29 is 37.6 Å². The fourth-order valence-electron chi connectivity index (χ4n) is 6.16. The highest BCUT2D eigenvalue weighted by Crippen LogP contribution is 2.43. The summed E-state index contributed by atoms with van der Waals surface area (Å²) >= 11 is 0. The number of carbonyl (C=O) groups is 2. The van der Waals surface area contributed by atoms with E-state index in [4.69, 9.17) is 24.3 Å². The second-order valence-electron chi connectivity index (χ2n) is 14.6. The van der Waals surface area contributed by atoms with E-state index >= 15 is 0 Å². The second kappa shape index (κ2) is 39.4. The van der Waals surface area contributed by atoms with Crippen LogP contribution >= 0.6 is 7.82 Å². The third-order valence-electron chi connectivity index (χ3n) is 9.40. The first-order chi connectivity index (χ1) is 25.3. The van der Waals surface area contributed by atoms with Gasteiger partial charge in [-0.15, -0.1) is 0 Å². The summed E-state index contributed by atoms with van der Waals surface area (Å²) in [6, 6.07) is 0. The van der Waals surface area contributed by atoms with Crippen LogP contribution in [0.5, 0.6) is 0 Å². The van der Waals surface area contributed by atoms with Crippen molar-refractivity contribution in [2.75, 3.05) is 26.4 Å². The summed E-state index contributed by atoms with van der Waals surface area (Å²) in [6.45, 7) is 3.74. The molecule has 10 heteroatoms. The molecular formula is C42H82NO8P. The van der Waals surface area contributed by atoms with Crippen LogP contribution in [0.3, 0.4) is 0 Å². The van der Waals surface area contributed by atoms with Gasteiger partial charge in [-0.05, 0) is 38.5 Å². The summed E-state index contributed by atoms with van der Waals surface area (Å²) in [5.41, 5.74) is 5.34. The minimum absolute atomic E-state index is 0.0552. The summed E-state index contributed by atoms with van der Waals surface area (Å²) in [6.07, 6.45) is 39.5. The van der Waals surface area contributed by atoms with Gasteiger partial charge in [0.15, 0.2) is 6.10 Å². The molecule has 0 heterocycles. The van der Waals surface area contributed by atoms with E-state index in [9.17, 15) is 19.0 Å². The molecule has 0 saturated heterocycles. The van der Waals surface area contributed by atoms with Crippen LogP contribution in [-0.2, 0) is 32.7 Å². The zero-order chi connectivity index (χ0) is 38.2. The van der Waals surface area contributed by atoms with Gasteiger partial charge in [0.05, 0.1) is 13.2 Å². The first-order valence-electron chi connectivity index (χ1n) is 21.7. The van der Waals surface area contributed by atoms with Gasteiger partial charge in [-0.25, -0.2) is 4.57 Å². The fraction of sp³-hybridized carbons (Fsp3) is 0.905. The molecule has 0 aromatic carbocycles. The van der Waals surface area contributed by atoms with Gasteiger partial charge < -0.3 is 20.1 Å². The lowest BCUT2D eigenvalue weighted by Gasteiger charge is -2.19. The predicted molar refractivity (Wildman–Crippen MR) is 215 cm³/mol. The van der Waals surface area contributed by atoms with Crippen molar-refractivity contribution in [3.05, 3.63) is 12.2 Å². The average Bonchev–Trinajstić information content (AvgIpc) is 3.13. The van der Waals surface area contributed by atoms with Crippen LogP contribution in [0.2, 0.25) is 0 Å². The van der Waals surface area contributed by atoms with Gasteiger partial charge in [0.25, 0.3) is 0 Å². The molecule has 0 aliphatic carbocycles. The molecule has 308 valence electrons. The largest absolute Gasteiger partial charge is 0.472 e. The average molecular weight is 760 g/mol. The Bertz CT molecular complexity index is 871. The molecule has 0 saturated carbocycles. The van der Waals surface area contributed by atoms with Gasteiger partial charge in [0.1, 0.15) is 6.61 Å². The molecule has 0 aromatic rings. The van der Waals surface area contributed by atoms with E-state index in [-0.39, 0.29) is 38.6 Å². The Hall–Kier alpha value is -1.25. The normalized spacial score (nSPS) is 13.4. The maximum Gasteiger partial charge on any atom is 0.472 e. The van der Waals surface area contributed by atoms with E-state index in [0.29, 0.717) is 6.42 Å². The van der Waals surface area contributed by atoms with Gasteiger partial charge in [0.2, 0.25) is 0 Å². The minimum atomic E-state index is -4.37. The van der Waals surface area contributed by atoms with Crippen LogP contribution in [-0.4, -0.2) is 49.3 Å². The molecule has 0 spiro atoms. The zero-order valence-corrected chi connectivity index (χ0v) is 34.7. The van der Waals surface area contributed by atoms with E-state index in [1.807, 2.05) is 0 Å². The number of phosphoric acid groups is 1. The van der Waals surface area contributed by atoms with Gasteiger partial charge in [0, 0.05) is 19.4 Å². The Morgan fingerprint density at radius 3 is 1.37 bits per heavy atom. The van der Waals surface area contributed by atoms with Crippen LogP contribution in [0.25, 0.3) is 0 Å². The number of phosphoric ester groups is 1. The molecule has 9 nitrogen and oxygen atoms in total. The van der Waals surface area contributed by atoms with Gasteiger partial charge >= 0.3 is 19.8 Å². The number of ether oxygens (including phenoxy) is 2. The van der Waals surface area contributed by atoms with Crippen molar-refractivity contribution in [1.82, 2.24) is 0 Å². The van der Waals surface area contributed by atoms with E-state index in [1.165, 1.54) is 128 Å². The van der Waals surface area contributed by atoms with E-state index in [1.54, 1.807) is 0 Å². The van der Waals surface area contributed by atoms with Crippen molar-refractivity contribution in [2.45, 2.75) is 219 Å². The summed E-state index contributed by atoms with van der Waals surface area (Å²) in [5.74, 6) is -0.828. The van der Waals surface area contributed by atoms with Crippen molar-refractivity contribution in [3.63, 3.8) is 0 Å². The molecule has 0 amide bonds. The number of rotatable bonds is 41. The maximum atomic E-state index is 12.6. The Balaban J connectivity index is 4.14. The standard InChI is InChI=1S/C42H82NO8P/c1-3-5-7-9-11-13-15-17-19-21-23-25-27-29-31-33-35-42(45)51-40(39-50-52(46,47)49-37-36-43)38-48-41(44)34-32-30-28-26-24-22-20-18-16-14-12-10-8-6-4-2/h18,20,40H,3-17,19,21-39,43H2,1-2H3,(H,46,47)/b20-18-/t40-/m1/s1. The van der Waals surface area contributed by atoms with Crippen molar-refractivity contribution >= 4 is 19.8 Å². The molecule has 0 aromatic heterocycles. The lowest BCUT2D eigenvalue weighted by Crippen LogP contribution is -2.29. The van der Waals surface area contributed by atoms with Gasteiger partial charge in [-0.3, -0.25) is 18.6 Å². The summed E-state index contributed by atoms with van der Waals surface area (Å²) in [7, 11) is -4.37. The number of hydrogen-bond acceptors (Lipinski definition) is 8. The van der Waals surface area contributed by atoms with E-state index < -0.39 is 26.5 Å². The van der Waals surface area contributed by atoms with Crippen LogP contribution in [0, 0.1) is 0 Å². The molecular weight excluding hydrogens is 677 g/mol. The Morgan fingerprint density at radius 2 is 0.942 bits per heavy atom. The Morgan fingerprint density at radius 1 is 0.558 bits per heavy atom. The summed E-state index contributed by atoms with van der Waals surface area (Å²) < 4.78 is 32.8. The number of nitrogens with two attached hydrogens (primary N) is 1.